The van der Waals surface area contributed by atoms with Crippen molar-refractivity contribution < 1.29 is 4.79 Å². The molecule has 1 N–H and O–H groups in total. The van der Waals surface area contributed by atoms with Crippen LogP contribution in [0.25, 0.3) is 16.9 Å². The number of fused-ring (bicyclic) bond motifs is 1. The van der Waals surface area contributed by atoms with Gasteiger partial charge in [-0.05, 0) is 55.2 Å². The van der Waals surface area contributed by atoms with Gasteiger partial charge in [-0.25, -0.2) is 4.79 Å². The number of carbonyl (C=O) groups is 1. The van der Waals surface area contributed by atoms with Gasteiger partial charge in [0.15, 0.2) is 5.65 Å². The van der Waals surface area contributed by atoms with Crippen molar-refractivity contribution in [1.82, 2.24) is 24.5 Å². The van der Waals surface area contributed by atoms with E-state index in [2.05, 4.69) is 20.5 Å². The van der Waals surface area contributed by atoms with Gasteiger partial charge in [0.1, 0.15) is 5.82 Å². The number of nitrogens with one attached hydrogen (secondary N) is 1. The third-order valence-corrected chi connectivity index (χ3v) is 5.76. The zero-order valence-corrected chi connectivity index (χ0v) is 17.2. The van der Waals surface area contributed by atoms with E-state index in [9.17, 15) is 4.79 Å². The number of urea groups is 1. The lowest BCUT2D eigenvalue weighted by Gasteiger charge is -2.32. The largest absolute Gasteiger partial charge is 0.324 e. The molecular weight excluding hydrogens is 388 g/mol. The fraction of sp³-hybridized carbons (Fsp3) is 0.250. The maximum Gasteiger partial charge on any atom is 0.321 e. The first-order valence-corrected chi connectivity index (χ1v) is 10.6. The lowest BCUT2D eigenvalue weighted by Crippen LogP contribution is -2.43. The van der Waals surface area contributed by atoms with E-state index in [1.807, 2.05) is 76.2 Å². The number of amides is 2. The summed E-state index contributed by atoms with van der Waals surface area (Å²) in [5.41, 5.74) is 3.59. The Balaban J connectivity index is 1.21. The van der Waals surface area contributed by atoms with Gasteiger partial charge in [0, 0.05) is 43.2 Å². The van der Waals surface area contributed by atoms with E-state index in [0.29, 0.717) is 5.92 Å². The summed E-state index contributed by atoms with van der Waals surface area (Å²) in [6, 6.07) is 19.5. The van der Waals surface area contributed by atoms with Gasteiger partial charge >= 0.3 is 6.03 Å². The molecule has 0 spiro atoms. The van der Waals surface area contributed by atoms with E-state index in [1.54, 1.807) is 6.20 Å². The molecule has 1 aliphatic rings. The van der Waals surface area contributed by atoms with Gasteiger partial charge in [0.25, 0.3) is 0 Å². The predicted molar refractivity (Wildman–Crippen MR) is 120 cm³/mol. The summed E-state index contributed by atoms with van der Waals surface area (Å²) in [6.07, 6.45) is 6.66. The molecule has 0 bridgehead atoms. The highest BCUT2D eigenvalue weighted by Gasteiger charge is 2.25. The number of piperidine rings is 1. The highest BCUT2D eigenvalue weighted by molar-refractivity contribution is 5.89. The van der Waals surface area contributed by atoms with Gasteiger partial charge in [0.05, 0.1) is 5.69 Å². The van der Waals surface area contributed by atoms with Crippen molar-refractivity contribution in [2.45, 2.75) is 19.3 Å². The predicted octanol–water partition coefficient (Wildman–Crippen LogP) is 4.28. The van der Waals surface area contributed by atoms with Crippen LogP contribution in [-0.2, 0) is 6.42 Å². The number of aromatic nitrogens is 4. The molecule has 7 nitrogen and oxygen atoms in total. The number of rotatable bonds is 4. The summed E-state index contributed by atoms with van der Waals surface area (Å²) in [6.45, 7) is 1.49. The van der Waals surface area contributed by atoms with Crippen molar-refractivity contribution in [3.63, 3.8) is 0 Å². The summed E-state index contributed by atoms with van der Waals surface area (Å²) in [5.74, 6) is 1.33. The summed E-state index contributed by atoms with van der Waals surface area (Å²) in [7, 11) is 0. The van der Waals surface area contributed by atoms with Crippen LogP contribution in [0.15, 0.2) is 73.1 Å². The molecule has 1 aliphatic heterocycles. The Kier molecular flexibility index (Phi) is 5.31. The topological polar surface area (TPSA) is 75.4 Å². The molecule has 31 heavy (non-hydrogen) atoms. The fourth-order valence-electron chi connectivity index (χ4n) is 4.16. The molecule has 0 radical (unpaired) electrons. The molecule has 1 aromatic carbocycles. The molecule has 0 aliphatic carbocycles. The Morgan fingerprint density at radius 1 is 1.03 bits per heavy atom. The third-order valence-electron chi connectivity index (χ3n) is 5.76. The summed E-state index contributed by atoms with van der Waals surface area (Å²) in [4.78, 5) is 19.1. The number of hydrogen-bond acceptors (Lipinski definition) is 4. The minimum atomic E-state index is -0.0543. The van der Waals surface area contributed by atoms with E-state index < -0.39 is 0 Å². The molecule has 5 rings (SSSR count). The second-order valence-corrected chi connectivity index (χ2v) is 7.93. The summed E-state index contributed by atoms with van der Waals surface area (Å²) in [5, 5.41) is 11.6. The Hall–Kier alpha value is -3.74. The number of likely N-dealkylation sites (tertiary alicyclic amines) is 1. The number of carbonyl (C=O) groups excluding carboxylic acids is 1. The van der Waals surface area contributed by atoms with Crippen molar-refractivity contribution in [3.8, 4) is 11.3 Å². The molecule has 0 saturated carbocycles. The second-order valence-electron chi connectivity index (χ2n) is 7.93. The maximum absolute atomic E-state index is 12.9. The van der Waals surface area contributed by atoms with Gasteiger partial charge in [-0.2, -0.15) is 0 Å². The van der Waals surface area contributed by atoms with Crippen LogP contribution < -0.4 is 5.32 Å². The molecule has 1 fully saturated rings. The van der Waals surface area contributed by atoms with Crippen LogP contribution in [0.4, 0.5) is 10.5 Å². The standard InChI is InChI=1S/C24H24N6O/c31-24(26-20-11-9-19(10-12-20)21-7-1-3-13-25-21)29-14-5-6-18(17-29)16-23-28-27-22-8-2-4-15-30(22)23/h1-4,7-13,15,18H,5-6,14,16-17H2,(H,26,31). The lowest BCUT2D eigenvalue weighted by atomic mass is 9.94. The Labute approximate surface area is 180 Å². The normalized spacial score (nSPS) is 16.4. The minimum Gasteiger partial charge on any atom is -0.324 e. The van der Waals surface area contributed by atoms with Crippen molar-refractivity contribution in [1.29, 1.82) is 0 Å². The second kappa shape index (κ2) is 8.55. The maximum atomic E-state index is 12.9. The van der Waals surface area contributed by atoms with Crippen LogP contribution in [0.5, 0.6) is 0 Å². The average Bonchev–Trinajstić information content (AvgIpc) is 3.23. The molecule has 7 heteroatoms. The molecule has 1 saturated heterocycles. The monoisotopic (exact) mass is 412 g/mol. The van der Waals surface area contributed by atoms with Crippen LogP contribution in [-0.4, -0.2) is 43.6 Å². The van der Waals surface area contributed by atoms with Crippen LogP contribution in [0.2, 0.25) is 0 Å². The molecule has 1 unspecified atom stereocenters. The van der Waals surface area contributed by atoms with Crippen molar-refractivity contribution >= 4 is 17.4 Å². The van der Waals surface area contributed by atoms with Gasteiger partial charge in [0.2, 0.25) is 0 Å². The first-order valence-electron chi connectivity index (χ1n) is 10.6. The van der Waals surface area contributed by atoms with Gasteiger partial charge in [-0.3, -0.25) is 9.38 Å². The zero-order chi connectivity index (χ0) is 21.0. The average molecular weight is 412 g/mol. The Morgan fingerprint density at radius 3 is 2.74 bits per heavy atom. The van der Waals surface area contributed by atoms with Crippen molar-refractivity contribution in [2.24, 2.45) is 5.92 Å². The van der Waals surface area contributed by atoms with E-state index >= 15 is 0 Å². The Bertz CT molecular complexity index is 1170. The third kappa shape index (κ3) is 4.26. The number of pyridine rings is 2. The highest BCUT2D eigenvalue weighted by Crippen LogP contribution is 2.23. The summed E-state index contributed by atoms with van der Waals surface area (Å²) >= 11 is 0. The van der Waals surface area contributed by atoms with Gasteiger partial charge in [-0.1, -0.05) is 24.3 Å². The minimum absolute atomic E-state index is 0.0543. The lowest BCUT2D eigenvalue weighted by molar-refractivity contribution is 0.176. The van der Waals surface area contributed by atoms with Crippen molar-refractivity contribution in [3.05, 3.63) is 78.9 Å². The van der Waals surface area contributed by atoms with E-state index in [-0.39, 0.29) is 6.03 Å². The molecule has 3 aromatic heterocycles. The highest BCUT2D eigenvalue weighted by atomic mass is 16.2. The van der Waals surface area contributed by atoms with Crippen LogP contribution >= 0.6 is 0 Å². The smallest absolute Gasteiger partial charge is 0.321 e. The molecule has 4 heterocycles. The van der Waals surface area contributed by atoms with Crippen LogP contribution in [0, 0.1) is 5.92 Å². The zero-order valence-electron chi connectivity index (χ0n) is 17.2. The van der Waals surface area contributed by atoms with E-state index in [0.717, 1.165) is 60.8 Å². The molecule has 156 valence electrons. The van der Waals surface area contributed by atoms with Gasteiger partial charge < -0.3 is 10.2 Å². The first kappa shape index (κ1) is 19.2. The van der Waals surface area contributed by atoms with Gasteiger partial charge in [-0.15, -0.1) is 10.2 Å². The number of anilines is 1. The first-order chi connectivity index (χ1) is 15.3. The number of hydrogen-bond donors (Lipinski definition) is 1. The fourth-order valence-corrected chi connectivity index (χ4v) is 4.16. The summed E-state index contributed by atoms with van der Waals surface area (Å²) < 4.78 is 2.03. The molecule has 2 amide bonds. The van der Waals surface area contributed by atoms with E-state index in [1.165, 1.54) is 0 Å². The SMILES string of the molecule is O=C(Nc1ccc(-c2ccccn2)cc1)N1CCCC(Cc2nnc3ccccn23)C1. The number of nitrogens with zero attached hydrogens (tertiary/aromatic N) is 5. The van der Waals surface area contributed by atoms with Crippen LogP contribution in [0.1, 0.15) is 18.7 Å². The van der Waals surface area contributed by atoms with Crippen LogP contribution in [0.3, 0.4) is 0 Å². The van der Waals surface area contributed by atoms with Crippen molar-refractivity contribution in [2.75, 3.05) is 18.4 Å². The Morgan fingerprint density at radius 2 is 1.90 bits per heavy atom. The number of benzene rings is 1. The quantitative estimate of drug-likeness (QED) is 0.543. The molecule has 4 aromatic rings. The molecule has 1 atom stereocenters. The molecular formula is C24H24N6O. The van der Waals surface area contributed by atoms with E-state index in [4.69, 9.17) is 0 Å².